The second kappa shape index (κ2) is 7.67. The minimum atomic E-state index is -0.244. The van der Waals surface area contributed by atoms with Crippen LogP contribution in [0.1, 0.15) is 37.8 Å². The molecule has 1 saturated carbocycles. The summed E-state index contributed by atoms with van der Waals surface area (Å²) in [5.41, 5.74) is 1.76. The van der Waals surface area contributed by atoms with Gasteiger partial charge in [-0.25, -0.2) is 9.37 Å². The molecule has 0 amide bonds. The van der Waals surface area contributed by atoms with E-state index in [0.717, 1.165) is 50.0 Å². The van der Waals surface area contributed by atoms with Gasteiger partial charge in [-0.2, -0.15) is 0 Å². The van der Waals surface area contributed by atoms with Crippen molar-refractivity contribution in [2.24, 2.45) is 0 Å². The van der Waals surface area contributed by atoms with E-state index in [9.17, 15) is 4.39 Å². The highest BCUT2D eigenvalue weighted by atomic mass is 19.1. The molecule has 134 valence electrons. The summed E-state index contributed by atoms with van der Waals surface area (Å²) in [6.45, 7) is 5.33. The van der Waals surface area contributed by atoms with Gasteiger partial charge in [-0.3, -0.25) is 9.80 Å². The number of aromatic nitrogens is 1. The van der Waals surface area contributed by atoms with Crippen LogP contribution < -0.4 is 0 Å². The normalized spacial score (nSPS) is 20.8. The lowest BCUT2D eigenvalue weighted by molar-refractivity contribution is 0.0749. The molecule has 0 bridgehead atoms. The summed E-state index contributed by atoms with van der Waals surface area (Å²) in [5.74, 6) is 0.321. The van der Waals surface area contributed by atoms with Crippen LogP contribution in [0.5, 0.6) is 0 Å². The van der Waals surface area contributed by atoms with Gasteiger partial charge in [0.2, 0.25) is 5.89 Å². The zero-order chi connectivity index (χ0) is 17.1. The maximum atomic E-state index is 13.0. The van der Waals surface area contributed by atoms with Gasteiger partial charge in [0.1, 0.15) is 12.1 Å². The molecule has 1 aliphatic heterocycles. The number of nitrogens with zero attached hydrogens (tertiary/aromatic N) is 3. The fourth-order valence-electron chi connectivity index (χ4n) is 4.07. The Balaban J connectivity index is 1.31. The van der Waals surface area contributed by atoms with Crippen molar-refractivity contribution >= 4 is 0 Å². The summed E-state index contributed by atoms with van der Waals surface area (Å²) in [7, 11) is 0. The number of hydrogen-bond donors (Lipinski definition) is 0. The third-order valence-electron chi connectivity index (χ3n) is 5.53. The van der Waals surface area contributed by atoms with Gasteiger partial charge >= 0.3 is 0 Å². The Bertz CT molecular complexity index is 671. The number of rotatable bonds is 4. The number of hydrogen-bond acceptors (Lipinski definition) is 4. The Morgan fingerprint density at radius 3 is 2.44 bits per heavy atom. The molecular weight excluding hydrogens is 317 g/mol. The average Bonchev–Trinajstić information content (AvgIpc) is 3.12. The van der Waals surface area contributed by atoms with E-state index in [0.29, 0.717) is 5.89 Å². The topological polar surface area (TPSA) is 32.5 Å². The van der Waals surface area contributed by atoms with E-state index >= 15 is 0 Å². The standard InChI is InChI=1S/C20H26FN3O/c21-17-8-6-16(7-9-17)20-22-18(15-25-20)14-23-10-12-24(13-11-23)19-4-2-1-3-5-19/h6-9,15,19H,1-5,10-14H2. The molecule has 4 rings (SSSR count). The third-order valence-corrected chi connectivity index (χ3v) is 5.53. The van der Waals surface area contributed by atoms with Gasteiger partial charge in [0.05, 0.1) is 5.69 Å². The van der Waals surface area contributed by atoms with E-state index in [1.165, 1.54) is 44.2 Å². The van der Waals surface area contributed by atoms with Crippen LogP contribution in [-0.4, -0.2) is 47.0 Å². The molecule has 4 nitrogen and oxygen atoms in total. The summed E-state index contributed by atoms with van der Waals surface area (Å²) >= 11 is 0. The molecule has 25 heavy (non-hydrogen) atoms. The highest BCUT2D eigenvalue weighted by Gasteiger charge is 2.25. The van der Waals surface area contributed by atoms with Crippen molar-refractivity contribution in [1.29, 1.82) is 0 Å². The van der Waals surface area contributed by atoms with Crippen LogP contribution in [0.3, 0.4) is 0 Å². The van der Waals surface area contributed by atoms with Gasteiger partial charge in [0.15, 0.2) is 0 Å². The number of halogens is 1. The van der Waals surface area contributed by atoms with Crippen molar-refractivity contribution in [3.8, 4) is 11.5 Å². The Hall–Kier alpha value is -1.72. The Labute approximate surface area is 148 Å². The molecule has 0 N–H and O–H groups in total. The maximum absolute atomic E-state index is 13.0. The smallest absolute Gasteiger partial charge is 0.226 e. The van der Waals surface area contributed by atoms with Gasteiger partial charge in [0, 0.05) is 44.3 Å². The molecule has 1 aromatic heterocycles. The number of oxazole rings is 1. The molecule has 0 atom stereocenters. The monoisotopic (exact) mass is 343 g/mol. The molecule has 0 spiro atoms. The predicted octanol–water partition coefficient (Wildman–Crippen LogP) is 3.93. The van der Waals surface area contributed by atoms with E-state index in [2.05, 4.69) is 14.8 Å². The second-order valence-electron chi connectivity index (χ2n) is 7.25. The summed E-state index contributed by atoms with van der Waals surface area (Å²) < 4.78 is 18.6. The first kappa shape index (κ1) is 16.7. The van der Waals surface area contributed by atoms with Crippen LogP contribution in [0.25, 0.3) is 11.5 Å². The SMILES string of the molecule is Fc1ccc(-c2nc(CN3CCN(C4CCCCC4)CC3)co2)cc1. The van der Waals surface area contributed by atoms with Gasteiger partial charge in [0.25, 0.3) is 0 Å². The zero-order valence-electron chi connectivity index (χ0n) is 14.7. The van der Waals surface area contributed by atoms with E-state index < -0.39 is 0 Å². The molecule has 2 aromatic rings. The van der Waals surface area contributed by atoms with Gasteiger partial charge in [-0.05, 0) is 37.1 Å². The van der Waals surface area contributed by atoms with Crippen molar-refractivity contribution in [3.05, 3.63) is 42.0 Å². The van der Waals surface area contributed by atoms with E-state index in [1.54, 1.807) is 18.4 Å². The van der Waals surface area contributed by atoms with Crippen molar-refractivity contribution in [1.82, 2.24) is 14.8 Å². The molecule has 0 radical (unpaired) electrons. The predicted molar refractivity (Wildman–Crippen MR) is 95.6 cm³/mol. The largest absolute Gasteiger partial charge is 0.444 e. The third kappa shape index (κ3) is 4.10. The van der Waals surface area contributed by atoms with Crippen LogP contribution in [0.2, 0.25) is 0 Å². The fourth-order valence-corrected chi connectivity index (χ4v) is 4.07. The van der Waals surface area contributed by atoms with E-state index in [1.807, 2.05) is 0 Å². The lowest BCUT2D eigenvalue weighted by Crippen LogP contribution is -2.50. The first-order valence-electron chi connectivity index (χ1n) is 9.45. The average molecular weight is 343 g/mol. The zero-order valence-corrected chi connectivity index (χ0v) is 14.7. The Kier molecular flexibility index (Phi) is 5.13. The van der Waals surface area contributed by atoms with Crippen molar-refractivity contribution in [2.45, 2.75) is 44.7 Å². The minimum absolute atomic E-state index is 0.244. The molecule has 2 aliphatic rings. The van der Waals surface area contributed by atoms with Gasteiger partial charge < -0.3 is 4.42 Å². The molecular formula is C20H26FN3O. The molecule has 1 aliphatic carbocycles. The number of piperazine rings is 1. The van der Waals surface area contributed by atoms with Crippen LogP contribution in [-0.2, 0) is 6.54 Å². The Morgan fingerprint density at radius 2 is 1.72 bits per heavy atom. The molecule has 1 aromatic carbocycles. The molecule has 0 unspecified atom stereocenters. The highest BCUT2D eigenvalue weighted by Crippen LogP contribution is 2.24. The molecule has 5 heteroatoms. The summed E-state index contributed by atoms with van der Waals surface area (Å²) in [5, 5.41) is 0. The van der Waals surface area contributed by atoms with Crippen molar-refractivity contribution in [3.63, 3.8) is 0 Å². The molecule has 2 fully saturated rings. The van der Waals surface area contributed by atoms with Crippen LogP contribution in [0.15, 0.2) is 34.9 Å². The number of benzene rings is 1. The fraction of sp³-hybridized carbons (Fsp3) is 0.550. The lowest BCUT2D eigenvalue weighted by Gasteiger charge is -2.40. The molecule has 1 saturated heterocycles. The lowest BCUT2D eigenvalue weighted by atomic mass is 9.94. The first-order chi connectivity index (χ1) is 12.3. The van der Waals surface area contributed by atoms with Crippen LogP contribution in [0, 0.1) is 5.82 Å². The van der Waals surface area contributed by atoms with Crippen molar-refractivity contribution < 1.29 is 8.81 Å². The Morgan fingerprint density at radius 1 is 1.00 bits per heavy atom. The summed E-state index contributed by atoms with van der Waals surface area (Å²) in [6, 6.07) is 7.09. The van der Waals surface area contributed by atoms with Crippen LogP contribution >= 0.6 is 0 Å². The summed E-state index contributed by atoms with van der Waals surface area (Å²) in [4.78, 5) is 9.70. The highest BCUT2D eigenvalue weighted by molar-refractivity contribution is 5.52. The minimum Gasteiger partial charge on any atom is -0.444 e. The van der Waals surface area contributed by atoms with Crippen LogP contribution in [0.4, 0.5) is 4.39 Å². The maximum Gasteiger partial charge on any atom is 0.226 e. The van der Waals surface area contributed by atoms with Crippen molar-refractivity contribution in [2.75, 3.05) is 26.2 Å². The summed E-state index contributed by atoms with van der Waals surface area (Å²) in [6.07, 6.45) is 8.70. The van der Waals surface area contributed by atoms with E-state index in [4.69, 9.17) is 4.42 Å². The van der Waals surface area contributed by atoms with E-state index in [-0.39, 0.29) is 5.82 Å². The molecule has 2 heterocycles. The first-order valence-corrected chi connectivity index (χ1v) is 9.45. The van der Waals surface area contributed by atoms with Gasteiger partial charge in [-0.1, -0.05) is 19.3 Å². The second-order valence-corrected chi connectivity index (χ2v) is 7.25. The quantitative estimate of drug-likeness (QED) is 0.842. The van der Waals surface area contributed by atoms with Gasteiger partial charge in [-0.15, -0.1) is 0 Å².